The van der Waals surface area contributed by atoms with Crippen LogP contribution in [0, 0.1) is 0 Å². The van der Waals surface area contributed by atoms with E-state index in [2.05, 4.69) is 52.5 Å². The zero-order chi connectivity index (χ0) is 18.9. The number of nitrogens with zero attached hydrogens (tertiary/aromatic N) is 6. The van der Waals surface area contributed by atoms with Gasteiger partial charge in [-0.3, -0.25) is 4.79 Å². The van der Waals surface area contributed by atoms with E-state index in [1.54, 1.807) is 0 Å². The first kappa shape index (κ1) is 19.3. The fraction of sp³-hybridized carbons (Fsp3) is 0.842. The molecule has 0 radical (unpaired) electrons. The molecule has 3 rings (SSSR count). The Labute approximate surface area is 157 Å². The van der Waals surface area contributed by atoms with Gasteiger partial charge in [0.2, 0.25) is 5.82 Å². The minimum atomic E-state index is 0.00872. The third kappa shape index (κ3) is 3.51. The summed E-state index contributed by atoms with van der Waals surface area (Å²) in [4.78, 5) is 19.6. The number of aryl methyl sites for hydroxylation is 1. The van der Waals surface area contributed by atoms with Gasteiger partial charge in [0, 0.05) is 45.7 Å². The van der Waals surface area contributed by atoms with E-state index < -0.39 is 0 Å². The van der Waals surface area contributed by atoms with E-state index in [4.69, 9.17) is 0 Å². The van der Waals surface area contributed by atoms with Gasteiger partial charge in [-0.15, -0.1) is 10.2 Å². The van der Waals surface area contributed by atoms with Crippen LogP contribution in [0.25, 0.3) is 0 Å². The molecule has 0 bridgehead atoms. The first-order valence-electron chi connectivity index (χ1n) is 9.97. The topological polar surface area (TPSA) is 57.5 Å². The number of likely N-dealkylation sites (N-methyl/N-ethyl adjacent to an activating group) is 1. The van der Waals surface area contributed by atoms with Crippen molar-refractivity contribution in [2.45, 2.75) is 57.5 Å². The van der Waals surface area contributed by atoms with Gasteiger partial charge in [-0.25, -0.2) is 0 Å². The molecule has 26 heavy (non-hydrogen) atoms. The number of aromatic nitrogens is 3. The van der Waals surface area contributed by atoms with Crippen LogP contribution in [0.15, 0.2) is 0 Å². The lowest BCUT2D eigenvalue weighted by Gasteiger charge is -2.41. The van der Waals surface area contributed by atoms with Gasteiger partial charge in [-0.2, -0.15) is 0 Å². The highest BCUT2D eigenvalue weighted by molar-refractivity contribution is 5.91. The molecule has 1 fully saturated rings. The maximum Gasteiger partial charge on any atom is 0.291 e. The average molecular weight is 363 g/mol. The molecule has 7 nitrogen and oxygen atoms in total. The van der Waals surface area contributed by atoms with Crippen molar-refractivity contribution in [2.75, 3.05) is 47.3 Å². The first-order chi connectivity index (χ1) is 12.4. The smallest absolute Gasteiger partial charge is 0.291 e. The van der Waals surface area contributed by atoms with Crippen molar-refractivity contribution in [1.82, 2.24) is 29.5 Å². The first-order valence-corrected chi connectivity index (χ1v) is 9.97. The molecule has 2 aliphatic rings. The van der Waals surface area contributed by atoms with E-state index >= 15 is 0 Å². The van der Waals surface area contributed by atoms with Crippen LogP contribution in [0.3, 0.4) is 0 Å². The van der Waals surface area contributed by atoms with Gasteiger partial charge < -0.3 is 19.3 Å². The van der Waals surface area contributed by atoms with Gasteiger partial charge >= 0.3 is 0 Å². The second-order valence-electron chi connectivity index (χ2n) is 8.32. The van der Waals surface area contributed by atoms with Gasteiger partial charge in [-0.05, 0) is 46.7 Å². The zero-order valence-electron chi connectivity index (χ0n) is 17.0. The van der Waals surface area contributed by atoms with Crippen molar-refractivity contribution in [3.63, 3.8) is 0 Å². The van der Waals surface area contributed by atoms with Crippen LogP contribution >= 0.6 is 0 Å². The number of piperidine rings is 1. The van der Waals surface area contributed by atoms with Crippen molar-refractivity contribution in [3.8, 4) is 0 Å². The molecule has 1 spiro atoms. The predicted octanol–water partition coefficient (Wildman–Crippen LogP) is 1.45. The Bertz CT molecular complexity index is 632. The van der Waals surface area contributed by atoms with E-state index in [9.17, 15) is 4.79 Å². The molecule has 146 valence electrons. The van der Waals surface area contributed by atoms with Gasteiger partial charge in [0.25, 0.3) is 5.91 Å². The molecule has 0 N–H and O–H groups in total. The molecule has 2 aliphatic heterocycles. The Morgan fingerprint density at radius 3 is 2.50 bits per heavy atom. The fourth-order valence-corrected chi connectivity index (χ4v) is 4.21. The number of hydrogen-bond donors (Lipinski definition) is 0. The Balaban J connectivity index is 1.76. The number of carbonyl (C=O) groups is 1. The van der Waals surface area contributed by atoms with E-state index in [-0.39, 0.29) is 17.5 Å². The van der Waals surface area contributed by atoms with Crippen molar-refractivity contribution < 1.29 is 4.79 Å². The molecule has 0 aromatic carbocycles. The summed E-state index contributed by atoms with van der Waals surface area (Å²) < 4.78 is 2.21. The highest BCUT2D eigenvalue weighted by Gasteiger charge is 2.45. The predicted molar refractivity (Wildman–Crippen MR) is 102 cm³/mol. The summed E-state index contributed by atoms with van der Waals surface area (Å²) in [5, 5.41) is 8.66. The summed E-state index contributed by atoms with van der Waals surface area (Å²) in [6.45, 7) is 8.56. The zero-order valence-corrected chi connectivity index (χ0v) is 17.0. The van der Waals surface area contributed by atoms with Crippen molar-refractivity contribution in [3.05, 3.63) is 11.6 Å². The number of amides is 1. The highest BCUT2D eigenvalue weighted by Crippen LogP contribution is 2.41. The summed E-state index contributed by atoms with van der Waals surface area (Å²) in [5.41, 5.74) is 0.0364. The SMILES string of the molecule is CC[C@@H](C)N(C)C(=O)c1nnc2n1C1(CC2)CCN(CCN(C)C)CC1. The third-order valence-corrected chi connectivity index (χ3v) is 6.43. The molecule has 0 saturated carbocycles. The molecule has 1 amide bonds. The molecule has 3 heterocycles. The molecular weight excluding hydrogens is 328 g/mol. The van der Waals surface area contributed by atoms with E-state index in [1.165, 1.54) is 0 Å². The van der Waals surface area contributed by atoms with Gasteiger partial charge in [0.1, 0.15) is 5.82 Å². The Morgan fingerprint density at radius 2 is 1.88 bits per heavy atom. The summed E-state index contributed by atoms with van der Waals surface area (Å²) in [5.74, 6) is 1.55. The molecule has 7 heteroatoms. The molecule has 1 atom stereocenters. The van der Waals surface area contributed by atoms with E-state index in [0.29, 0.717) is 5.82 Å². The summed E-state index contributed by atoms with van der Waals surface area (Å²) in [6.07, 6.45) is 5.13. The second kappa shape index (κ2) is 7.64. The highest BCUT2D eigenvalue weighted by atomic mass is 16.2. The summed E-state index contributed by atoms with van der Waals surface area (Å²) in [6, 6.07) is 0.209. The van der Waals surface area contributed by atoms with Crippen LogP contribution in [0.4, 0.5) is 0 Å². The average Bonchev–Trinajstić information content (AvgIpc) is 3.21. The van der Waals surface area contributed by atoms with Crippen molar-refractivity contribution >= 4 is 5.91 Å². The van der Waals surface area contributed by atoms with Crippen molar-refractivity contribution in [2.24, 2.45) is 0 Å². The van der Waals surface area contributed by atoms with Gasteiger partial charge in [0.05, 0.1) is 5.54 Å². The number of likely N-dealkylation sites (tertiary alicyclic amines) is 1. The maximum absolute atomic E-state index is 13.0. The Morgan fingerprint density at radius 1 is 1.19 bits per heavy atom. The molecule has 0 unspecified atom stereocenters. The van der Waals surface area contributed by atoms with Crippen LogP contribution in [0.2, 0.25) is 0 Å². The molecule has 1 aromatic heterocycles. The fourth-order valence-electron chi connectivity index (χ4n) is 4.21. The number of rotatable bonds is 6. The normalized spacial score (nSPS) is 20.5. The van der Waals surface area contributed by atoms with Crippen molar-refractivity contribution in [1.29, 1.82) is 0 Å². The lowest BCUT2D eigenvalue weighted by Crippen LogP contribution is -2.47. The largest absolute Gasteiger partial charge is 0.336 e. The number of fused-ring (bicyclic) bond motifs is 2. The van der Waals surface area contributed by atoms with Crippen LogP contribution in [0.1, 0.15) is 56.0 Å². The Hall–Kier alpha value is -1.47. The molecule has 1 aromatic rings. The van der Waals surface area contributed by atoms with Crippen LogP contribution in [-0.4, -0.2) is 88.7 Å². The summed E-state index contributed by atoms with van der Waals surface area (Å²) in [7, 11) is 6.12. The molecule has 0 aliphatic carbocycles. The number of hydrogen-bond acceptors (Lipinski definition) is 5. The molecule has 1 saturated heterocycles. The van der Waals surface area contributed by atoms with E-state index in [1.807, 2.05) is 11.9 Å². The van der Waals surface area contributed by atoms with Gasteiger partial charge in [0.15, 0.2) is 0 Å². The minimum absolute atomic E-state index is 0.00872. The van der Waals surface area contributed by atoms with E-state index in [0.717, 1.165) is 64.1 Å². The van der Waals surface area contributed by atoms with Crippen LogP contribution < -0.4 is 0 Å². The van der Waals surface area contributed by atoms with Gasteiger partial charge in [-0.1, -0.05) is 6.92 Å². The standard InChI is InChI=1S/C19H34N6O/c1-6-15(2)23(5)18(26)17-21-20-16-7-8-19(25(16)17)9-11-24(12-10-19)14-13-22(3)4/h15H,6-14H2,1-5H3/t15-/m1/s1. The monoisotopic (exact) mass is 362 g/mol. The van der Waals surface area contributed by atoms with Crippen LogP contribution in [0.5, 0.6) is 0 Å². The quantitative estimate of drug-likeness (QED) is 0.767. The third-order valence-electron chi connectivity index (χ3n) is 6.43. The summed E-state index contributed by atoms with van der Waals surface area (Å²) >= 11 is 0. The minimum Gasteiger partial charge on any atom is -0.336 e. The maximum atomic E-state index is 13.0. The lowest BCUT2D eigenvalue weighted by atomic mass is 9.85. The lowest BCUT2D eigenvalue weighted by molar-refractivity contribution is 0.0685. The van der Waals surface area contributed by atoms with Crippen LogP contribution in [-0.2, 0) is 12.0 Å². The number of carbonyl (C=O) groups excluding carboxylic acids is 1. The Kier molecular flexibility index (Phi) is 5.67. The second-order valence-corrected chi connectivity index (χ2v) is 8.32. The molecular formula is C19H34N6O.